The molecule has 2 heterocycles. The molecule has 1 aromatic rings. The molecule has 0 aliphatic carbocycles. The van der Waals surface area contributed by atoms with Crippen LogP contribution in [0.5, 0.6) is 0 Å². The third-order valence-electron chi connectivity index (χ3n) is 3.39. The summed E-state index contributed by atoms with van der Waals surface area (Å²) < 4.78 is 0. The standard InChI is InChI=1S/C14H24N2S3/c1-9-13(18-6-5-17-9)10(15)7-12-16-11(8-19-12)14(2,3)4/h8-10,13H,5-7,15H2,1-4H3. The maximum absolute atomic E-state index is 6.42. The number of hydrogen-bond acceptors (Lipinski definition) is 5. The number of rotatable bonds is 3. The van der Waals surface area contributed by atoms with Crippen molar-refractivity contribution >= 4 is 34.9 Å². The first kappa shape index (κ1) is 15.7. The summed E-state index contributed by atoms with van der Waals surface area (Å²) in [5.74, 6) is 2.50. The Morgan fingerprint density at radius 2 is 2.05 bits per heavy atom. The van der Waals surface area contributed by atoms with Gasteiger partial charge in [0.05, 0.1) is 10.7 Å². The van der Waals surface area contributed by atoms with Crippen molar-refractivity contribution in [2.75, 3.05) is 11.5 Å². The van der Waals surface area contributed by atoms with E-state index in [1.165, 1.54) is 22.2 Å². The van der Waals surface area contributed by atoms with E-state index in [2.05, 4.69) is 44.8 Å². The van der Waals surface area contributed by atoms with Gasteiger partial charge in [0.2, 0.25) is 0 Å². The van der Waals surface area contributed by atoms with E-state index >= 15 is 0 Å². The topological polar surface area (TPSA) is 38.9 Å². The van der Waals surface area contributed by atoms with Gasteiger partial charge >= 0.3 is 0 Å². The summed E-state index contributed by atoms with van der Waals surface area (Å²) in [6.07, 6.45) is 0.920. The van der Waals surface area contributed by atoms with Gasteiger partial charge in [-0.1, -0.05) is 27.7 Å². The maximum atomic E-state index is 6.42. The number of thiazole rings is 1. The Labute approximate surface area is 129 Å². The van der Waals surface area contributed by atoms with Gasteiger partial charge in [0.25, 0.3) is 0 Å². The van der Waals surface area contributed by atoms with Crippen LogP contribution in [-0.4, -0.2) is 33.0 Å². The van der Waals surface area contributed by atoms with E-state index in [1.54, 1.807) is 11.3 Å². The predicted molar refractivity (Wildman–Crippen MR) is 90.7 cm³/mol. The molecule has 1 fully saturated rings. The molecule has 1 aromatic heterocycles. The third-order valence-corrected chi connectivity index (χ3v) is 7.53. The van der Waals surface area contributed by atoms with Crippen molar-refractivity contribution in [1.29, 1.82) is 0 Å². The summed E-state index contributed by atoms with van der Waals surface area (Å²) in [5, 5.41) is 4.62. The lowest BCUT2D eigenvalue weighted by Crippen LogP contribution is -2.42. The molecule has 1 aliphatic rings. The quantitative estimate of drug-likeness (QED) is 0.925. The summed E-state index contributed by atoms with van der Waals surface area (Å²) in [6, 6.07) is 0.228. The first-order valence-corrected chi connectivity index (χ1v) is 9.79. The van der Waals surface area contributed by atoms with Gasteiger partial charge in [-0.25, -0.2) is 4.98 Å². The average Bonchev–Trinajstić information content (AvgIpc) is 2.77. The van der Waals surface area contributed by atoms with Crippen molar-refractivity contribution in [2.24, 2.45) is 5.73 Å². The van der Waals surface area contributed by atoms with Gasteiger partial charge in [-0.15, -0.1) is 11.3 Å². The van der Waals surface area contributed by atoms with E-state index in [4.69, 9.17) is 10.7 Å². The lowest BCUT2D eigenvalue weighted by atomic mass is 9.93. The van der Waals surface area contributed by atoms with E-state index < -0.39 is 0 Å². The molecule has 2 rings (SSSR count). The van der Waals surface area contributed by atoms with E-state index in [9.17, 15) is 0 Å². The first-order valence-electron chi connectivity index (χ1n) is 6.81. The Balaban J connectivity index is 1.98. The third kappa shape index (κ3) is 4.13. The highest BCUT2D eigenvalue weighted by Gasteiger charge is 2.29. The Morgan fingerprint density at radius 1 is 1.37 bits per heavy atom. The highest BCUT2D eigenvalue weighted by Crippen LogP contribution is 2.34. The summed E-state index contributed by atoms with van der Waals surface area (Å²) in [7, 11) is 0. The van der Waals surface area contributed by atoms with Crippen LogP contribution in [-0.2, 0) is 11.8 Å². The SMILES string of the molecule is CC1SCCSC1C(N)Cc1nc(C(C)(C)C)cs1. The fourth-order valence-corrected chi connectivity index (χ4v) is 6.17. The van der Waals surface area contributed by atoms with E-state index in [1.807, 2.05) is 11.8 Å². The largest absolute Gasteiger partial charge is 0.326 e. The van der Waals surface area contributed by atoms with Crippen LogP contribution in [0.2, 0.25) is 0 Å². The summed E-state index contributed by atoms with van der Waals surface area (Å²) in [6.45, 7) is 8.94. The van der Waals surface area contributed by atoms with Crippen molar-refractivity contribution in [3.63, 3.8) is 0 Å². The molecule has 3 unspecified atom stereocenters. The molecule has 1 aliphatic heterocycles. The summed E-state index contributed by atoms with van der Waals surface area (Å²) in [4.78, 5) is 4.76. The molecule has 0 bridgehead atoms. The molecule has 0 aromatic carbocycles. The maximum Gasteiger partial charge on any atom is 0.0944 e. The monoisotopic (exact) mass is 316 g/mol. The molecule has 2 nitrogen and oxygen atoms in total. The number of aromatic nitrogens is 1. The highest BCUT2D eigenvalue weighted by molar-refractivity contribution is 8.07. The second-order valence-electron chi connectivity index (χ2n) is 6.16. The lowest BCUT2D eigenvalue weighted by Gasteiger charge is -2.32. The van der Waals surface area contributed by atoms with E-state index in [-0.39, 0.29) is 11.5 Å². The molecule has 3 atom stereocenters. The van der Waals surface area contributed by atoms with Gasteiger partial charge in [-0.2, -0.15) is 23.5 Å². The first-order chi connectivity index (χ1) is 8.88. The van der Waals surface area contributed by atoms with Crippen molar-refractivity contribution < 1.29 is 0 Å². The molecular formula is C14H24N2S3. The zero-order chi connectivity index (χ0) is 14.0. The van der Waals surface area contributed by atoms with Gasteiger partial charge in [0.1, 0.15) is 0 Å². The molecular weight excluding hydrogens is 292 g/mol. The molecule has 19 heavy (non-hydrogen) atoms. The summed E-state index contributed by atoms with van der Waals surface area (Å²) >= 11 is 5.86. The van der Waals surface area contributed by atoms with Gasteiger partial charge in [-0.3, -0.25) is 0 Å². The molecule has 1 saturated heterocycles. The van der Waals surface area contributed by atoms with Gasteiger partial charge in [0, 0.05) is 45.3 Å². The van der Waals surface area contributed by atoms with Crippen LogP contribution >= 0.6 is 34.9 Å². The van der Waals surface area contributed by atoms with Gasteiger partial charge in [0.15, 0.2) is 0 Å². The second kappa shape index (κ2) is 6.37. The van der Waals surface area contributed by atoms with Crippen LogP contribution < -0.4 is 5.73 Å². The molecule has 0 amide bonds. The molecule has 5 heteroatoms. The number of nitrogens with zero attached hydrogens (tertiary/aromatic N) is 1. The van der Waals surface area contributed by atoms with E-state index in [0.29, 0.717) is 10.5 Å². The van der Waals surface area contributed by atoms with Crippen molar-refractivity contribution in [1.82, 2.24) is 4.98 Å². The Hall–Kier alpha value is 0.290. The van der Waals surface area contributed by atoms with Crippen molar-refractivity contribution in [3.05, 3.63) is 16.1 Å². The van der Waals surface area contributed by atoms with Crippen LogP contribution in [0.3, 0.4) is 0 Å². The zero-order valence-corrected chi connectivity index (χ0v) is 14.6. The Kier molecular flexibility index (Phi) is 5.26. The lowest BCUT2D eigenvalue weighted by molar-refractivity contribution is 0.565. The molecule has 0 radical (unpaired) electrons. The number of thioether (sulfide) groups is 2. The van der Waals surface area contributed by atoms with Crippen LogP contribution in [0.4, 0.5) is 0 Å². The molecule has 0 saturated carbocycles. The fourth-order valence-electron chi connectivity index (χ4n) is 2.19. The minimum Gasteiger partial charge on any atom is -0.326 e. The molecule has 2 N–H and O–H groups in total. The van der Waals surface area contributed by atoms with E-state index in [0.717, 1.165) is 6.42 Å². The Bertz CT molecular complexity index is 411. The minimum absolute atomic E-state index is 0.140. The minimum atomic E-state index is 0.140. The van der Waals surface area contributed by atoms with Gasteiger partial charge in [-0.05, 0) is 0 Å². The number of nitrogens with two attached hydrogens (primary N) is 1. The smallest absolute Gasteiger partial charge is 0.0944 e. The Morgan fingerprint density at radius 3 is 2.63 bits per heavy atom. The summed E-state index contributed by atoms with van der Waals surface area (Å²) in [5.41, 5.74) is 7.76. The van der Waals surface area contributed by atoms with Gasteiger partial charge < -0.3 is 5.73 Å². The fraction of sp³-hybridized carbons (Fsp3) is 0.786. The zero-order valence-electron chi connectivity index (χ0n) is 12.2. The van der Waals surface area contributed by atoms with Crippen molar-refractivity contribution in [2.45, 2.75) is 56.1 Å². The van der Waals surface area contributed by atoms with Crippen LogP contribution in [0, 0.1) is 0 Å². The van der Waals surface area contributed by atoms with Crippen LogP contribution in [0.1, 0.15) is 38.4 Å². The highest BCUT2D eigenvalue weighted by atomic mass is 32.2. The van der Waals surface area contributed by atoms with Crippen LogP contribution in [0.15, 0.2) is 5.38 Å². The van der Waals surface area contributed by atoms with Crippen LogP contribution in [0.25, 0.3) is 0 Å². The number of hydrogen-bond donors (Lipinski definition) is 1. The average molecular weight is 317 g/mol. The normalized spacial score (nSPS) is 26.4. The predicted octanol–water partition coefficient (Wildman–Crippen LogP) is 3.55. The molecule has 0 spiro atoms. The van der Waals surface area contributed by atoms with Crippen molar-refractivity contribution in [3.8, 4) is 0 Å². The molecule has 108 valence electrons. The second-order valence-corrected chi connectivity index (χ2v) is 9.87.